The Morgan fingerprint density at radius 3 is 2.62 bits per heavy atom. The number of anilines is 1. The summed E-state index contributed by atoms with van der Waals surface area (Å²) in [7, 11) is 1.62. The van der Waals surface area contributed by atoms with E-state index in [1.54, 1.807) is 7.11 Å². The van der Waals surface area contributed by atoms with Crippen molar-refractivity contribution < 1.29 is 9.53 Å². The van der Waals surface area contributed by atoms with Crippen LogP contribution >= 0.6 is 12.4 Å². The Kier molecular flexibility index (Phi) is 6.20. The molecule has 5 nitrogen and oxygen atoms in total. The lowest BCUT2D eigenvalue weighted by atomic mass is 10.1. The van der Waals surface area contributed by atoms with E-state index in [1.165, 1.54) is 5.56 Å². The summed E-state index contributed by atoms with van der Waals surface area (Å²) >= 11 is 0. The molecule has 0 aliphatic carbocycles. The molecule has 4 rings (SSSR count). The van der Waals surface area contributed by atoms with Crippen LogP contribution in [0.15, 0.2) is 66.7 Å². The molecule has 2 N–H and O–H groups in total. The van der Waals surface area contributed by atoms with Gasteiger partial charge in [-0.3, -0.25) is 4.79 Å². The molecule has 1 heterocycles. The minimum Gasteiger partial charge on any atom is -0.497 e. The molecule has 0 fully saturated rings. The zero-order valence-corrected chi connectivity index (χ0v) is 17.0. The molecule has 0 aliphatic heterocycles. The van der Waals surface area contributed by atoms with Crippen LogP contribution in [0.25, 0.3) is 22.4 Å². The smallest absolute Gasteiger partial charge is 0.228 e. The molecule has 0 spiro atoms. The number of fused-ring (bicyclic) bond motifs is 1. The van der Waals surface area contributed by atoms with E-state index in [9.17, 15) is 4.79 Å². The molecule has 4 aromatic rings. The monoisotopic (exact) mass is 407 g/mol. The van der Waals surface area contributed by atoms with Crippen molar-refractivity contribution in [3.05, 3.63) is 77.9 Å². The molecule has 0 atom stereocenters. The fourth-order valence-corrected chi connectivity index (χ4v) is 3.14. The van der Waals surface area contributed by atoms with Gasteiger partial charge in [0.1, 0.15) is 11.6 Å². The van der Waals surface area contributed by atoms with Gasteiger partial charge in [0.2, 0.25) is 5.91 Å². The molecule has 0 bridgehead atoms. The quantitative estimate of drug-likeness (QED) is 0.480. The third-order valence-electron chi connectivity index (χ3n) is 4.58. The van der Waals surface area contributed by atoms with E-state index < -0.39 is 0 Å². The topological polar surface area (TPSA) is 67.0 Å². The van der Waals surface area contributed by atoms with Crippen LogP contribution in [0.5, 0.6) is 5.75 Å². The number of aromatic nitrogens is 2. The fraction of sp³-hybridized carbons (Fsp3) is 0.130. The molecule has 0 aliphatic rings. The van der Waals surface area contributed by atoms with Crippen LogP contribution in [-0.4, -0.2) is 23.0 Å². The largest absolute Gasteiger partial charge is 0.497 e. The average molecular weight is 408 g/mol. The lowest BCUT2D eigenvalue weighted by Gasteiger charge is -2.07. The number of aromatic amines is 1. The van der Waals surface area contributed by atoms with E-state index in [4.69, 9.17) is 4.74 Å². The standard InChI is InChI=1S/C23H21N3O2.ClH/c1-15-6-11-20-21(12-15)26-23(25-20)17-4-3-5-18(14-17)24-22(27)13-16-7-9-19(28-2)10-8-16;/h3-12,14H,13H2,1-2H3,(H,24,27)(H,25,26);1H. The molecule has 6 heteroatoms. The van der Waals surface area contributed by atoms with Crippen LogP contribution in [0, 0.1) is 6.92 Å². The van der Waals surface area contributed by atoms with Gasteiger partial charge in [-0.1, -0.05) is 30.3 Å². The number of imidazole rings is 1. The first-order valence-corrected chi connectivity index (χ1v) is 9.10. The number of H-pyrrole nitrogens is 1. The zero-order chi connectivity index (χ0) is 19.5. The summed E-state index contributed by atoms with van der Waals surface area (Å²) in [4.78, 5) is 20.4. The fourth-order valence-electron chi connectivity index (χ4n) is 3.14. The summed E-state index contributed by atoms with van der Waals surface area (Å²) in [5, 5.41) is 2.96. The summed E-state index contributed by atoms with van der Waals surface area (Å²) in [5.41, 5.74) is 5.71. The second kappa shape index (κ2) is 8.80. The van der Waals surface area contributed by atoms with Gasteiger partial charge in [0.05, 0.1) is 24.6 Å². The van der Waals surface area contributed by atoms with Crippen molar-refractivity contribution in [3.63, 3.8) is 0 Å². The number of carbonyl (C=O) groups is 1. The highest BCUT2D eigenvalue weighted by molar-refractivity contribution is 5.93. The van der Waals surface area contributed by atoms with E-state index in [1.807, 2.05) is 60.7 Å². The Morgan fingerprint density at radius 1 is 1.07 bits per heavy atom. The number of amides is 1. The summed E-state index contributed by atoms with van der Waals surface area (Å²) in [6.45, 7) is 2.05. The number of benzene rings is 3. The third-order valence-corrected chi connectivity index (χ3v) is 4.58. The molecule has 1 aromatic heterocycles. The summed E-state index contributed by atoms with van der Waals surface area (Å²) < 4.78 is 5.14. The molecule has 0 unspecified atom stereocenters. The maximum Gasteiger partial charge on any atom is 0.228 e. The Morgan fingerprint density at radius 2 is 1.86 bits per heavy atom. The Bertz CT molecular complexity index is 1140. The molecule has 3 aromatic carbocycles. The maximum absolute atomic E-state index is 12.4. The third kappa shape index (κ3) is 4.76. The van der Waals surface area contributed by atoms with Crippen molar-refractivity contribution in [1.29, 1.82) is 0 Å². The van der Waals surface area contributed by atoms with Gasteiger partial charge in [-0.25, -0.2) is 4.98 Å². The number of ether oxygens (including phenoxy) is 1. The van der Waals surface area contributed by atoms with Gasteiger partial charge in [-0.2, -0.15) is 0 Å². The number of nitrogens with one attached hydrogen (secondary N) is 2. The van der Waals surface area contributed by atoms with Crippen molar-refractivity contribution in [3.8, 4) is 17.1 Å². The van der Waals surface area contributed by atoms with E-state index in [-0.39, 0.29) is 18.3 Å². The number of hydrogen-bond acceptors (Lipinski definition) is 3. The number of hydrogen-bond donors (Lipinski definition) is 2. The van der Waals surface area contributed by atoms with Crippen LogP contribution < -0.4 is 10.1 Å². The van der Waals surface area contributed by atoms with E-state index in [0.29, 0.717) is 6.42 Å². The highest BCUT2D eigenvalue weighted by Gasteiger charge is 2.08. The van der Waals surface area contributed by atoms with E-state index in [2.05, 4.69) is 28.3 Å². The molecule has 0 saturated heterocycles. The first kappa shape index (κ1) is 20.4. The number of methoxy groups -OCH3 is 1. The molecule has 1 amide bonds. The van der Waals surface area contributed by atoms with Gasteiger partial charge in [0, 0.05) is 11.3 Å². The second-order valence-corrected chi connectivity index (χ2v) is 6.76. The molecule has 148 valence electrons. The number of aryl methyl sites for hydroxylation is 1. The number of halogens is 1. The lowest BCUT2D eigenvalue weighted by Crippen LogP contribution is -2.14. The Labute approximate surface area is 175 Å². The van der Waals surface area contributed by atoms with Crippen molar-refractivity contribution in [2.45, 2.75) is 13.3 Å². The number of rotatable bonds is 5. The molecular formula is C23H22ClN3O2. The Balaban J connectivity index is 0.00000240. The minimum atomic E-state index is -0.0671. The first-order valence-electron chi connectivity index (χ1n) is 9.10. The van der Waals surface area contributed by atoms with Crippen molar-refractivity contribution in [1.82, 2.24) is 9.97 Å². The predicted molar refractivity (Wildman–Crippen MR) is 119 cm³/mol. The van der Waals surface area contributed by atoms with Crippen LogP contribution in [-0.2, 0) is 11.2 Å². The highest BCUT2D eigenvalue weighted by Crippen LogP contribution is 2.24. The highest BCUT2D eigenvalue weighted by atomic mass is 35.5. The van der Waals surface area contributed by atoms with Gasteiger partial charge in [0.15, 0.2) is 0 Å². The second-order valence-electron chi connectivity index (χ2n) is 6.76. The van der Waals surface area contributed by atoms with Crippen LogP contribution in [0.3, 0.4) is 0 Å². The van der Waals surface area contributed by atoms with Crippen molar-refractivity contribution >= 4 is 35.0 Å². The van der Waals surface area contributed by atoms with Gasteiger partial charge in [-0.05, 0) is 54.4 Å². The normalized spacial score (nSPS) is 10.4. The molecule has 0 radical (unpaired) electrons. The Hall–Kier alpha value is -3.31. The summed E-state index contributed by atoms with van der Waals surface area (Å²) in [6, 6.07) is 21.3. The van der Waals surface area contributed by atoms with Gasteiger partial charge >= 0.3 is 0 Å². The van der Waals surface area contributed by atoms with Crippen LogP contribution in [0.1, 0.15) is 11.1 Å². The summed E-state index contributed by atoms with van der Waals surface area (Å²) in [6.07, 6.45) is 0.304. The van der Waals surface area contributed by atoms with Crippen molar-refractivity contribution in [2.24, 2.45) is 0 Å². The first-order chi connectivity index (χ1) is 13.6. The van der Waals surface area contributed by atoms with Crippen molar-refractivity contribution in [2.75, 3.05) is 12.4 Å². The SMILES string of the molecule is COc1ccc(CC(=O)Nc2cccc(-c3nc4ccc(C)cc4[nH]3)c2)cc1.Cl. The maximum atomic E-state index is 12.4. The van der Waals surface area contributed by atoms with Gasteiger partial charge < -0.3 is 15.0 Å². The molecule has 29 heavy (non-hydrogen) atoms. The van der Waals surface area contributed by atoms with Crippen LogP contribution in [0.4, 0.5) is 5.69 Å². The van der Waals surface area contributed by atoms with E-state index >= 15 is 0 Å². The molecule has 0 saturated carbocycles. The average Bonchev–Trinajstić information content (AvgIpc) is 3.12. The molecular weight excluding hydrogens is 386 g/mol. The van der Waals surface area contributed by atoms with Gasteiger partial charge in [-0.15, -0.1) is 12.4 Å². The van der Waals surface area contributed by atoms with Gasteiger partial charge in [0.25, 0.3) is 0 Å². The number of nitrogens with zero attached hydrogens (tertiary/aromatic N) is 1. The number of carbonyl (C=O) groups excluding carboxylic acids is 1. The lowest BCUT2D eigenvalue weighted by molar-refractivity contribution is -0.115. The predicted octanol–water partition coefficient (Wildman–Crippen LogP) is 5.15. The van der Waals surface area contributed by atoms with Crippen LogP contribution in [0.2, 0.25) is 0 Å². The zero-order valence-electron chi connectivity index (χ0n) is 16.2. The summed E-state index contributed by atoms with van der Waals surface area (Å²) in [5.74, 6) is 1.49. The van der Waals surface area contributed by atoms with E-state index in [0.717, 1.165) is 39.4 Å². The minimum absolute atomic E-state index is 0.